The van der Waals surface area contributed by atoms with E-state index in [-0.39, 0.29) is 5.91 Å². The van der Waals surface area contributed by atoms with E-state index < -0.39 is 0 Å². The van der Waals surface area contributed by atoms with Crippen LogP contribution >= 0.6 is 22.9 Å². The lowest BCUT2D eigenvalue weighted by atomic mass is 10.2. The van der Waals surface area contributed by atoms with E-state index in [4.69, 9.17) is 22.1 Å². The normalized spacial score (nSPS) is 10.2. The number of nitrogens with two attached hydrogens (primary N) is 1. The van der Waals surface area contributed by atoms with Gasteiger partial charge in [0.25, 0.3) is 5.91 Å². The quantitative estimate of drug-likeness (QED) is 0.853. The number of carbonyl (C=O) groups is 1. The molecule has 19 heavy (non-hydrogen) atoms. The van der Waals surface area contributed by atoms with Crippen LogP contribution in [0, 0.1) is 0 Å². The minimum Gasteiger partial charge on any atom is -0.495 e. The molecule has 0 aliphatic heterocycles. The molecule has 6 heteroatoms. The van der Waals surface area contributed by atoms with Crippen LogP contribution < -0.4 is 15.8 Å². The summed E-state index contributed by atoms with van der Waals surface area (Å²) in [6, 6.07) is 8.62. The van der Waals surface area contributed by atoms with Gasteiger partial charge in [-0.25, -0.2) is 0 Å². The highest BCUT2D eigenvalue weighted by molar-refractivity contribution is 7.16. The van der Waals surface area contributed by atoms with Gasteiger partial charge in [-0.05, 0) is 30.3 Å². The number of thiophene rings is 1. The Morgan fingerprint density at radius 2 is 2.21 bits per heavy atom. The van der Waals surface area contributed by atoms with Gasteiger partial charge < -0.3 is 15.8 Å². The molecule has 1 heterocycles. The summed E-state index contributed by atoms with van der Waals surface area (Å²) < 4.78 is 5.79. The van der Waals surface area contributed by atoms with Crippen LogP contribution in [0.15, 0.2) is 30.3 Å². The summed E-state index contributed by atoms with van der Waals surface area (Å²) in [6.07, 6.45) is 0. The molecule has 2 rings (SSSR count). The van der Waals surface area contributed by atoms with E-state index in [0.29, 0.717) is 27.9 Å². The average molecular weight is 297 g/mol. The third-order valence-corrected chi connectivity index (χ3v) is 3.78. The second-order valence-electron chi connectivity index (χ2n) is 3.85. The Kier molecular flexibility index (Phi) is 4.29. The van der Waals surface area contributed by atoms with Crippen molar-refractivity contribution in [1.82, 2.24) is 5.32 Å². The Hall–Kier alpha value is -1.72. The van der Waals surface area contributed by atoms with Gasteiger partial charge in [0.05, 0.1) is 23.7 Å². The summed E-state index contributed by atoms with van der Waals surface area (Å²) >= 11 is 7.27. The number of nitrogen functional groups attached to an aromatic ring is 1. The molecular weight excluding hydrogens is 284 g/mol. The van der Waals surface area contributed by atoms with Crippen molar-refractivity contribution in [3.8, 4) is 5.75 Å². The van der Waals surface area contributed by atoms with Gasteiger partial charge in [-0.15, -0.1) is 11.3 Å². The zero-order valence-electron chi connectivity index (χ0n) is 10.3. The summed E-state index contributed by atoms with van der Waals surface area (Å²) in [5, 5.41) is 2.82. The van der Waals surface area contributed by atoms with Crippen molar-refractivity contribution in [2.75, 3.05) is 12.8 Å². The Balaban J connectivity index is 2.03. The van der Waals surface area contributed by atoms with Crippen LogP contribution in [0.4, 0.5) is 5.69 Å². The maximum Gasteiger partial charge on any atom is 0.251 e. The number of anilines is 1. The number of amides is 1. The SMILES string of the molecule is COc1cc(C(=O)NCc2ccc(Cl)s2)ccc1N. The molecule has 4 nitrogen and oxygen atoms in total. The fraction of sp³-hybridized carbons (Fsp3) is 0.154. The molecule has 0 unspecified atom stereocenters. The molecule has 0 fully saturated rings. The van der Waals surface area contributed by atoms with Crippen molar-refractivity contribution < 1.29 is 9.53 Å². The average Bonchev–Trinajstić information content (AvgIpc) is 2.82. The fourth-order valence-corrected chi connectivity index (χ4v) is 2.60. The Bertz CT molecular complexity index is 598. The largest absolute Gasteiger partial charge is 0.495 e. The molecule has 0 aliphatic rings. The molecule has 0 saturated heterocycles. The van der Waals surface area contributed by atoms with Crippen molar-refractivity contribution in [2.45, 2.75) is 6.54 Å². The molecule has 2 aromatic rings. The molecule has 0 atom stereocenters. The van der Waals surface area contributed by atoms with Crippen LogP contribution in [-0.2, 0) is 6.54 Å². The molecular formula is C13H13ClN2O2S. The van der Waals surface area contributed by atoms with Gasteiger partial charge in [-0.3, -0.25) is 4.79 Å². The summed E-state index contributed by atoms with van der Waals surface area (Å²) in [5.74, 6) is 0.314. The number of hydrogen-bond acceptors (Lipinski definition) is 4. The third kappa shape index (κ3) is 3.39. The van der Waals surface area contributed by atoms with Gasteiger partial charge in [-0.2, -0.15) is 0 Å². The van der Waals surface area contributed by atoms with E-state index in [1.165, 1.54) is 18.4 Å². The number of nitrogens with one attached hydrogen (secondary N) is 1. The highest BCUT2D eigenvalue weighted by Crippen LogP contribution is 2.23. The smallest absolute Gasteiger partial charge is 0.251 e. The zero-order chi connectivity index (χ0) is 13.8. The molecule has 0 saturated carbocycles. The van der Waals surface area contributed by atoms with Crippen LogP contribution in [0.3, 0.4) is 0 Å². The van der Waals surface area contributed by atoms with E-state index in [1.54, 1.807) is 24.3 Å². The zero-order valence-corrected chi connectivity index (χ0v) is 11.8. The van der Waals surface area contributed by atoms with E-state index in [9.17, 15) is 4.79 Å². The second-order valence-corrected chi connectivity index (χ2v) is 5.64. The van der Waals surface area contributed by atoms with Crippen LogP contribution in [-0.4, -0.2) is 13.0 Å². The number of ether oxygens (including phenoxy) is 1. The number of rotatable bonds is 4. The van der Waals surface area contributed by atoms with E-state index in [0.717, 1.165) is 4.88 Å². The minimum atomic E-state index is -0.178. The predicted molar refractivity (Wildman–Crippen MR) is 77.9 cm³/mol. The standard InChI is InChI=1S/C13H13ClN2O2S/c1-18-11-6-8(2-4-10(11)15)13(17)16-7-9-3-5-12(14)19-9/h2-6H,7,15H2,1H3,(H,16,17). The summed E-state index contributed by atoms with van der Waals surface area (Å²) in [5.41, 5.74) is 6.71. The van der Waals surface area contributed by atoms with Crippen molar-refractivity contribution >= 4 is 34.5 Å². The maximum absolute atomic E-state index is 12.0. The molecule has 1 amide bonds. The fourth-order valence-electron chi connectivity index (χ4n) is 1.57. The highest BCUT2D eigenvalue weighted by atomic mass is 35.5. The topological polar surface area (TPSA) is 64.3 Å². The molecule has 0 aliphatic carbocycles. The van der Waals surface area contributed by atoms with Gasteiger partial charge >= 0.3 is 0 Å². The molecule has 0 spiro atoms. The predicted octanol–water partition coefficient (Wildman–Crippen LogP) is 2.92. The number of benzene rings is 1. The number of hydrogen-bond donors (Lipinski definition) is 2. The molecule has 0 radical (unpaired) electrons. The van der Waals surface area contributed by atoms with Gasteiger partial charge in [-0.1, -0.05) is 11.6 Å². The second kappa shape index (κ2) is 5.95. The summed E-state index contributed by atoms with van der Waals surface area (Å²) in [7, 11) is 1.51. The first-order chi connectivity index (χ1) is 9.10. The van der Waals surface area contributed by atoms with Gasteiger partial charge in [0.1, 0.15) is 5.75 Å². The van der Waals surface area contributed by atoms with Crippen LogP contribution in [0.1, 0.15) is 15.2 Å². The third-order valence-electron chi connectivity index (χ3n) is 2.55. The molecule has 1 aromatic carbocycles. The van der Waals surface area contributed by atoms with Crippen LogP contribution in [0.25, 0.3) is 0 Å². The summed E-state index contributed by atoms with van der Waals surface area (Å²) in [4.78, 5) is 13.0. The number of halogens is 1. The van der Waals surface area contributed by atoms with Crippen LogP contribution in [0.5, 0.6) is 5.75 Å². The first-order valence-electron chi connectivity index (χ1n) is 5.56. The van der Waals surface area contributed by atoms with E-state index in [1.807, 2.05) is 6.07 Å². The lowest BCUT2D eigenvalue weighted by Gasteiger charge is -2.07. The molecule has 3 N–H and O–H groups in total. The summed E-state index contributed by atoms with van der Waals surface area (Å²) in [6.45, 7) is 0.447. The number of carbonyl (C=O) groups excluding carboxylic acids is 1. The Morgan fingerprint density at radius 3 is 2.84 bits per heavy atom. The lowest BCUT2D eigenvalue weighted by Crippen LogP contribution is -2.22. The Labute approximate surface area is 120 Å². The van der Waals surface area contributed by atoms with Crippen LogP contribution in [0.2, 0.25) is 4.34 Å². The maximum atomic E-state index is 12.0. The number of methoxy groups -OCH3 is 1. The van der Waals surface area contributed by atoms with Gasteiger partial charge in [0.15, 0.2) is 0 Å². The molecule has 1 aromatic heterocycles. The molecule has 100 valence electrons. The van der Waals surface area contributed by atoms with Gasteiger partial charge in [0, 0.05) is 10.4 Å². The monoisotopic (exact) mass is 296 g/mol. The minimum absolute atomic E-state index is 0.178. The van der Waals surface area contributed by atoms with E-state index >= 15 is 0 Å². The van der Waals surface area contributed by atoms with Gasteiger partial charge in [0.2, 0.25) is 0 Å². The Morgan fingerprint density at radius 1 is 1.42 bits per heavy atom. The highest BCUT2D eigenvalue weighted by Gasteiger charge is 2.09. The van der Waals surface area contributed by atoms with E-state index in [2.05, 4.69) is 5.32 Å². The first kappa shape index (κ1) is 13.7. The molecule has 0 bridgehead atoms. The first-order valence-corrected chi connectivity index (χ1v) is 6.75. The van der Waals surface area contributed by atoms with Crippen molar-refractivity contribution in [2.24, 2.45) is 0 Å². The van der Waals surface area contributed by atoms with Crippen molar-refractivity contribution in [1.29, 1.82) is 0 Å². The van der Waals surface area contributed by atoms with Crippen molar-refractivity contribution in [3.05, 3.63) is 45.1 Å². The lowest BCUT2D eigenvalue weighted by molar-refractivity contribution is 0.0951. The van der Waals surface area contributed by atoms with Crippen molar-refractivity contribution in [3.63, 3.8) is 0 Å².